The largest absolute Gasteiger partial charge is 0.478 e. The number of pyridine rings is 1. The first-order chi connectivity index (χ1) is 12.1. The van der Waals surface area contributed by atoms with Gasteiger partial charge in [-0.1, -0.05) is 18.2 Å². The maximum absolute atomic E-state index is 12.4. The lowest BCUT2D eigenvalue weighted by Gasteiger charge is -2.16. The van der Waals surface area contributed by atoms with Gasteiger partial charge in [-0.2, -0.15) is 0 Å². The minimum absolute atomic E-state index is 0.201. The maximum atomic E-state index is 12.4. The van der Waals surface area contributed by atoms with Crippen molar-refractivity contribution in [2.75, 3.05) is 13.1 Å². The van der Waals surface area contributed by atoms with Crippen LogP contribution in [0.4, 0.5) is 0 Å². The molecule has 1 aliphatic heterocycles. The number of aromatic carboxylic acids is 1. The molecule has 1 fully saturated rings. The molecule has 5 nitrogen and oxygen atoms in total. The predicted molar refractivity (Wildman–Crippen MR) is 94.4 cm³/mol. The van der Waals surface area contributed by atoms with Crippen molar-refractivity contribution in [3.8, 4) is 0 Å². The van der Waals surface area contributed by atoms with Crippen molar-refractivity contribution >= 4 is 11.9 Å². The van der Waals surface area contributed by atoms with Gasteiger partial charge in [0.2, 0.25) is 5.91 Å². The molecule has 1 aliphatic rings. The van der Waals surface area contributed by atoms with E-state index in [2.05, 4.69) is 4.98 Å². The SMILES string of the molecule is O=C(O)c1ccc(CC2CCN(C(=O)CCc3cccnc3)C2)cc1. The summed E-state index contributed by atoms with van der Waals surface area (Å²) in [7, 11) is 0. The van der Waals surface area contributed by atoms with Gasteiger partial charge in [-0.3, -0.25) is 9.78 Å². The van der Waals surface area contributed by atoms with E-state index in [1.54, 1.807) is 24.5 Å². The van der Waals surface area contributed by atoms with Crippen molar-refractivity contribution in [2.45, 2.75) is 25.7 Å². The van der Waals surface area contributed by atoms with Gasteiger partial charge in [0.05, 0.1) is 5.56 Å². The Labute approximate surface area is 147 Å². The van der Waals surface area contributed by atoms with Gasteiger partial charge < -0.3 is 10.0 Å². The Morgan fingerprint density at radius 3 is 2.64 bits per heavy atom. The summed E-state index contributed by atoms with van der Waals surface area (Å²) in [5, 5.41) is 8.94. The lowest BCUT2D eigenvalue weighted by atomic mass is 9.98. The van der Waals surface area contributed by atoms with Crippen LogP contribution in [0.5, 0.6) is 0 Å². The normalized spacial score (nSPS) is 16.8. The summed E-state index contributed by atoms with van der Waals surface area (Å²) in [4.78, 5) is 29.3. The number of carbonyl (C=O) groups excluding carboxylic acids is 1. The number of likely N-dealkylation sites (tertiary alicyclic amines) is 1. The standard InChI is InChI=1S/C20H22N2O3/c23-19(8-5-16-2-1-10-21-13-16)22-11-9-17(14-22)12-15-3-6-18(7-4-15)20(24)25/h1-4,6-7,10,13,17H,5,8-9,11-12,14H2,(H,24,25). The van der Waals surface area contributed by atoms with E-state index in [0.29, 0.717) is 17.9 Å². The number of amides is 1. The van der Waals surface area contributed by atoms with Crippen molar-refractivity contribution in [1.82, 2.24) is 9.88 Å². The summed E-state index contributed by atoms with van der Waals surface area (Å²) in [5.41, 5.74) is 2.52. The van der Waals surface area contributed by atoms with Crippen LogP contribution in [0.1, 0.15) is 34.3 Å². The van der Waals surface area contributed by atoms with Gasteiger partial charge in [0, 0.05) is 31.9 Å². The molecule has 1 saturated heterocycles. The van der Waals surface area contributed by atoms with Crippen LogP contribution in [0.2, 0.25) is 0 Å². The zero-order chi connectivity index (χ0) is 17.6. The lowest BCUT2D eigenvalue weighted by molar-refractivity contribution is -0.130. The third-order valence-electron chi connectivity index (χ3n) is 4.71. The monoisotopic (exact) mass is 338 g/mol. The van der Waals surface area contributed by atoms with Gasteiger partial charge in [0.15, 0.2) is 0 Å². The molecule has 0 spiro atoms. The fourth-order valence-corrected chi connectivity index (χ4v) is 3.30. The number of aromatic nitrogens is 1. The first-order valence-electron chi connectivity index (χ1n) is 8.61. The van der Waals surface area contributed by atoms with Gasteiger partial charge in [0.25, 0.3) is 0 Å². The molecule has 2 heterocycles. The second-order valence-electron chi connectivity index (χ2n) is 6.56. The van der Waals surface area contributed by atoms with Crippen LogP contribution in [-0.4, -0.2) is 40.0 Å². The maximum Gasteiger partial charge on any atom is 0.335 e. The Hall–Kier alpha value is -2.69. The van der Waals surface area contributed by atoms with E-state index in [4.69, 9.17) is 5.11 Å². The molecular formula is C20H22N2O3. The highest BCUT2D eigenvalue weighted by Crippen LogP contribution is 2.22. The van der Waals surface area contributed by atoms with Crippen LogP contribution >= 0.6 is 0 Å². The molecule has 0 saturated carbocycles. The molecule has 5 heteroatoms. The Morgan fingerprint density at radius 1 is 1.16 bits per heavy atom. The molecule has 130 valence electrons. The predicted octanol–water partition coefficient (Wildman–Crippen LogP) is 2.80. The molecule has 0 aliphatic carbocycles. The molecule has 1 N–H and O–H groups in total. The Balaban J connectivity index is 1.47. The molecule has 0 bridgehead atoms. The highest BCUT2D eigenvalue weighted by Gasteiger charge is 2.26. The molecule has 1 unspecified atom stereocenters. The molecule has 2 aromatic rings. The number of carboxylic acids is 1. The fraction of sp³-hybridized carbons (Fsp3) is 0.350. The number of nitrogens with zero attached hydrogens (tertiary/aromatic N) is 2. The zero-order valence-corrected chi connectivity index (χ0v) is 14.1. The number of carbonyl (C=O) groups is 2. The van der Waals surface area contributed by atoms with Crippen LogP contribution in [0, 0.1) is 5.92 Å². The summed E-state index contributed by atoms with van der Waals surface area (Å²) < 4.78 is 0. The average Bonchev–Trinajstić information content (AvgIpc) is 3.09. The van der Waals surface area contributed by atoms with Crippen molar-refractivity contribution in [3.63, 3.8) is 0 Å². The van der Waals surface area contributed by atoms with Gasteiger partial charge >= 0.3 is 5.97 Å². The molecule has 1 atom stereocenters. The van der Waals surface area contributed by atoms with E-state index in [9.17, 15) is 9.59 Å². The third kappa shape index (κ3) is 4.66. The summed E-state index contributed by atoms with van der Waals surface area (Å²) in [6.07, 6.45) is 6.67. The van der Waals surface area contributed by atoms with E-state index in [0.717, 1.165) is 43.5 Å². The van der Waals surface area contributed by atoms with Gasteiger partial charge in [-0.05, 0) is 54.5 Å². The van der Waals surface area contributed by atoms with Gasteiger partial charge in [-0.15, -0.1) is 0 Å². The van der Waals surface area contributed by atoms with E-state index < -0.39 is 5.97 Å². The molecule has 1 aromatic heterocycles. The molecule has 0 radical (unpaired) electrons. The van der Waals surface area contributed by atoms with Crippen molar-refractivity contribution in [1.29, 1.82) is 0 Å². The molecule has 1 amide bonds. The Morgan fingerprint density at radius 2 is 1.96 bits per heavy atom. The minimum atomic E-state index is -0.905. The number of rotatable bonds is 6. The van der Waals surface area contributed by atoms with E-state index in [1.807, 2.05) is 29.2 Å². The van der Waals surface area contributed by atoms with Crippen LogP contribution in [0.15, 0.2) is 48.8 Å². The number of benzene rings is 1. The lowest BCUT2D eigenvalue weighted by Crippen LogP contribution is -2.29. The fourth-order valence-electron chi connectivity index (χ4n) is 3.30. The Kier molecular flexibility index (Phi) is 5.43. The van der Waals surface area contributed by atoms with Crippen LogP contribution in [-0.2, 0) is 17.6 Å². The third-order valence-corrected chi connectivity index (χ3v) is 4.71. The summed E-state index contributed by atoms with van der Waals surface area (Å²) in [6.45, 7) is 1.59. The first kappa shape index (κ1) is 17.1. The topological polar surface area (TPSA) is 70.5 Å². The quantitative estimate of drug-likeness (QED) is 0.879. The molecule has 25 heavy (non-hydrogen) atoms. The van der Waals surface area contributed by atoms with E-state index in [1.165, 1.54) is 0 Å². The van der Waals surface area contributed by atoms with Crippen molar-refractivity contribution in [3.05, 3.63) is 65.5 Å². The van der Waals surface area contributed by atoms with Crippen molar-refractivity contribution < 1.29 is 14.7 Å². The summed E-state index contributed by atoms with van der Waals surface area (Å²) in [5.74, 6) is -0.261. The molecule has 3 rings (SSSR count). The number of aryl methyl sites for hydroxylation is 1. The van der Waals surface area contributed by atoms with Crippen LogP contribution in [0.25, 0.3) is 0 Å². The second kappa shape index (κ2) is 7.92. The number of carboxylic acid groups (broad SMARTS) is 1. The average molecular weight is 338 g/mol. The minimum Gasteiger partial charge on any atom is -0.478 e. The molecule has 1 aromatic carbocycles. The van der Waals surface area contributed by atoms with Gasteiger partial charge in [-0.25, -0.2) is 4.79 Å². The van der Waals surface area contributed by atoms with E-state index in [-0.39, 0.29) is 5.91 Å². The van der Waals surface area contributed by atoms with Crippen LogP contribution in [0.3, 0.4) is 0 Å². The summed E-state index contributed by atoms with van der Waals surface area (Å²) >= 11 is 0. The summed E-state index contributed by atoms with van der Waals surface area (Å²) in [6, 6.07) is 10.9. The zero-order valence-electron chi connectivity index (χ0n) is 14.1. The highest BCUT2D eigenvalue weighted by atomic mass is 16.4. The van der Waals surface area contributed by atoms with Crippen LogP contribution < -0.4 is 0 Å². The second-order valence-corrected chi connectivity index (χ2v) is 6.56. The highest BCUT2D eigenvalue weighted by molar-refractivity contribution is 5.87. The molecular weight excluding hydrogens is 316 g/mol. The van der Waals surface area contributed by atoms with Gasteiger partial charge in [0.1, 0.15) is 0 Å². The Bertz CT molecular complexity index is 728. The van der Waals surface area contributed by atoms with Crippen molar-refractivity contribution in [2.24, 2.45) is 5.92 Å². The number of hydrogen-bond acceptors (Lipinski definition) is 3. The first-order valence-corrected chi connectivity index (χ1v) is 8.61. The smallest absolute Gasteiger partial charge is 0.335 e. The van der Waals surface area contributed by atoms with E-state index >= 15 is 0 Å². The number of hydrogen-bond donors (Lipinski definition) is 1.